The zero-order chi connectivity index (χ0) is 53.4. The molecule has 0 spiro atoms. The summed E-state index contributed by atoms with van der Waals surface area (Å²) in [4.78, 5) is 37.4. The molecule has 0 aliphatic carbocycles. The lowest BCUT2D eigenvalue weighted by atomic mass is 10.0. The number of carboxylic acids is 1. The minimum Gasteiger partial charge on any atom is -0.477 e. The highest BCUT2D eigenvalue weighted by molar-refractivity contribution is 5.71. The van der Waals surface area contributed by atoms with Gasteiger partial charge in [-0.05, 0) is 44.9 Å². The van der Waals surface area contributed by atoms with E-state index in [-0.39, 0.29) is 38.2 Å². The molecule has 0 rings (SSSR count). The number of esters is 2. The summed E-state index contributed by atoms with van der Waals surface area (Å²) in [7, 11) is 5.98. The summed E-state index contributed by atoms with van der Waals surface area (Å²) in [5.41, 5.74) is 0. The van der Waals surface area contributed by atoms with E-state index in [0.717, 1.165) is 44.9 Å². The normalized spacial score (nSPS) is 12.8. The number of hydrogen-bond acceptors (Lipinski definition) is 7. The van der Waals surface area contributed by atoms with Gasteiger partial charge < -0.3 is 28.5 Å². The molecular weight excluding hydrogens is 911 g/mol. The Kier molecular flexibility index (Phi) is 54.3. The number of aliphatic carboxylic acids is 1. The molecule has 0 saturated heterocycles. The molecule has 0 aliphatic rings. The average Bonchev–Trinajstić information content (AvgIpc) is 3.36. The second-order valence-electron chi connectivity index (χ2n) is 22.7. The van der Waals surface area contributed by atoms with E-state index in [4.69, 9.17) is 18.9 Å². The smallest absolute Gasteiger partial charge is 0.361 e. The molecule has 0 heterocycles. The van der Waals surface area contributed by atoms with Gasteiger partial charge in [-0.2, -0.15) is 0 Å². The molecule has 0 radical (unpaired) electrons. The quantitative estimate of drug-likeness (QED) is 0.0211. The van der Waals surface area contributed by atoms with Crippen LogP contribution in [-0.2, 0) is 33.3 Å². The van der Waals surface area contributed by atoms with Gasteiger partial charge in [0.05, 0.1) is 34.4 Å². The van der Waals surface area contributed by atoms with Crippen molar-refractivity contribution in [3.63, 3.8) is 0 Å². The van der Waals surface area contributed by atoms with Gasteiger partial charge in [0.25, 0.3) is 6.29 Å². The molecule has 73 heavy (non-hydrogen) atoms. The number of unbranched alkanes of at least 4 members (excludes halogenated alkanes) is 40. The first kappa shape index (κ1) is 70.8. The van der Waals surface area contributed by atoms with Gasteiger partial charge in [-0.1, -0.05) is 276 Å². The highest BCUT2D eigenvalue weighted by Crippen LogP contribution is 2.18. The highest BCUT2D eigenvalue weighted by Gasteiger charge is 2.25. The molecule has 0 aromatic carbocycles. The minimum absolute atomic E-state index is 0.175. The van der Waals surface area contributed by atoms with E-state index in [9.17, 15) is 19.5 Å². The monoisotopic (exact) mass is 1030 g/mol. The van der Waals surface area contributed by atoms with Crippen LogP contribution in [0.3, 0.4) is 0 Å². The second-order valence-corrected chi connectivity index (χ2v) is 22.7. The Morgan fingerprint density at radius 2 is 0.740 bits per heavy atom. The van der Waals surface area contributed by atoms with E-state index in [2.05, 4.69) is 38.2 Å². The first-order chi connectivity index (χ1) is 35.6. The Bertz CT molecular complexity index is 1250. The molecule has 2 unspecified atom stereocenters. The Morgan fingerprint density at radius 3 is 1.08 bits per heavy atom. The van der Waals surface area contributed by atoms with Crippen LogP contribution in [0.2, 0.25) is 0 Å². The first-order valence-electron chi connectivity index (χ1n) is 31.5. The zero-order valence-corrected chi connectivity index (χ0v) is 49.1. The van der Waals surface area contributed by atoms with Crippen LogP contribution in [0.4, 0.5) is 0 Å². The molecule has 0 amide bonds. The van der Waals surface area contributed by atoms with Crippen molar-refractivity contribution in [1.29, 1.82) is 0 Å². The third-order valence-corrected chi connectivity index (χ3v) is 14.2. The maximum Gasteiger partial charge on any atom is 0.361 e. The lowest BCUT2D eigenvalue weighted by molar-refractivity contribution is -0.870. The summed E-state index contributed by atoms with van der Waals surface area (Å²) < 4.78 is 22.9. The first-order valence-corrected chi connectivity index (χ1v) is 31.5. The average molecular weight is 1030 g/mol. The molecule has 0 aliphatic heterocycles. The van der Waals surface area contributed by atoms with E-state index < -0.39 is 18.4 Å². The molecular formula is C64H122NO8+. The van der Waals surface area contributed by atoms with Crippen molar-refractivity contribution in [2.24, 2.45) is 0 Å². The van der Waals surface area contributed by atoms with Gasteiger partial charge in [-0.25, -0.2) is 4.79 Å². The van der Waals surface area contributed by atoms with Crippen molar-refractivity contribution in [3.05, 3.63) is 24.3 Å². The van der Waals surface area contributed by atoms with E-state index in [1.807, 2.05) is 21.1 Å². The van der Waals surface area contributed by atoms with Gasteiger partial charge in [0, 0.05) is 12.8 Å². The summed E-state index contributed by atoms with van der Waals surface area (Å²) in [5, 5.41) is 9.70. The standard InChI is InChI=1S/C64H121NO8/c1-6-8-10-12-14-16-18-20-22-23-24-25-26-27-28-29-30-31-32-33-34-35-36-37-38-39-41-43-45-47-49-51-53-55-62(67)73-60(59-72-64(63(68)69)70-57-56-65(3,4)5)58-71-61(66)54-52-50-48-46-44-42-40-21-19-17-15-13-11-9-7-2/h18,20,23-24,60,64H,6-17,19,21-22,25-59H2,1-5H3/p+1/b20-18-,24-23-. The molecule has 0 fully saturated rings. The van der Waals surface area contributed by atoms with E-state index in [0.29, 0.717) is 17.4 Å². The summed E-state index contributed by atoms with van der Waals surface area (Å²) >= 11 is 0. The van der Waals surface area contributed by atoms with Gasteiger partial charge in [0.2, 0.25) is 0 Å². The van der Waals surface area contributed by atoms with Crippen molar-refractivity contribution in [3.8, 4) is 0 Å². The molecule has 9 nitrogen and oxygen atoms in total. The zero-order valence-electron chi connectivity index (χ0n) is 49.1. The topological polar surface area (TPSA) is 108 Å². The van der Waals surface area contributed by atoms with Gasteiger partial charge >= 0.3 is 17.9 Å². The van der Waals surface area contributed by atoms with E-state index in [1.165, 1.54) is 238 Å². The predicted octanol–water partition coefficient (Wildman–Crippen LogP) is 18.7. The van der Waals surface area contributed by atoms with Crippen LogP contribution < -0.4 is 0 Å². The minimum atomic E-state index is -1.51. The molecule has 0 bridgehead atoms. The number of likely N-dealkylation sites (N-methyl/N-ethyl adjacent to an activating group) is 1. The van der Waals surface area contributed by atoms with Crippen molar-refractivity contribution in [2.75, 3.05) is 47.5 Å². The number of quaternary nitrogens is 1. The highest BCUT2D eigenvalue weighted by atomic mass is 16.7. The Labute approximate surface area is 452 Å². The number of rotatable bonds is 59. The van der Waals surface area contributed by atoms with Gasteiger partial charge in [-0.3, -0.25) is 9.59 Å². The fourth-order valence-corrected chi connectivity index (χ4v) is 9.34. The third-order valence-electron chi connectivity index (χ3n) is 14.2. The van der Waals surface area contributed by atoms with Gasteiger partial charge in [-0.15, -0.1) is 0 Å². The van der Waals surface area contributed by atoms with Crippen LogP contribution in [0.5, 0.6) is 0 Å². The SMILES string of the molecule is CCCCCCC/C=C\C/C=C\CCCCCCCCCCCCCCCCCCCCCCCC(=O)OC(COC(=O)CCCCCCCCCCCCCCCCC)COC(OCC[N+](C)(C)C)C(=O)O. The maximum atomic E-state index is 12.9. The Morgan fingerprint density at radius 1 is 0.411 bits per heavy atom. The fourth-order valence-electron chi connectivity index (χ4n) is 9.34. The molecule has 430 valence electrons. The fraction of sp³-hybridized carbons (Fsp3) is 0.891. The molecule has 2 atom stereocenters. The van der Waals surface area contributed by atoms with Crippen molar-refractivity contribution in [2.45, 2.75) is 322 Å². The Balaban J connectivity index is 4.04. The summed E-state index contributed by atoms with van der Waals surface area (Å²) in [6, 6.07) is 0. The molecule has 9 heteroatoms. The van der Waals surface area contributed by atoms with Crippen LogP contribution in [0.1, 0.15) is 309 Å². The van der Waals surface area contributed by atoms with Crippen molar-refractivity contribution >= 4 is 17.9 Å². The van der Waals surface area contributed by atoms with Gasteiger partial charge in [0.1, 0.15) is 13.2 Å². The van der Waals surface area contributed by atoms with Gasteiger partial charge in [0.15, 0.2) is 6.10 Å². The molecule has 1 N–H and O–H groups in total. The summed E-state index contributed by atoms with van der Waals surface area (Å²) in [5.74, 6) is -1.98. The number of allylic oxidation sites excluding steroid dienone is 4. The molecule has 0 aromatic rings. The van der Waals surface area contributed by atoms with Crippen LogP contribution in [-0.4, -0.2) is 87.4 Å². The maximum absolute atomic E-state index is 12.9. The van der Waals surface area contributed by atoms with Crippen molar-refractivity contribution in [1.82, 2.24) is 0 Å². The third kappa shape index (κ3) is 57.3. The van der Waals surface area contributed by atoms with E-state index in [1.54, 1.807) is 0 Å². The molecule has 0 aromatic heterocycles. The van der Waals surface area contributed by atoms with E-state index >= 15 is 0 Å². The number of hydrogen-bond donors (Lipinski definition) is 1. The van der Waals surface area contributed by atoms with Crippen molar-refractivity contribution < 1.29 is 42.9 Å². The Hall–Kier alpha value is -2.23. The lowest BCUT2D eigenvalue weighted by Gasteiger charge is -2.25. The number of carbonyl (C=O) groups is 3. The summed E-state index contributed by atoms with van der Waals surface area (Å²) in [6.07, 6.45) is 64.2. The van der Waals surface area contributed by atoms with Crippen LogP contribution in [0, 0.1) is 0 Å². The number of carbonyl (C=O) groups excluding carboxylic acids is 2. The van der Waals surface area contributed by atoms with Crippen LogP contribution in [0.25, 0.3) is 0 Å². The van der Waals surface area contributed by atoms with Crippen LogP contribution >= 0.6 is 0 Å². The van der Waals surface area contributed by atoms with Crippen LogP contribution in [0.15, 0.2) is 24.3 Å². The number of nitrogens with zero attached hydrogens (tertiary/aromatic N) is 1. The number of carboxylic acid groups (broad SMARTS) is 1. The predicted molar refractivity (Wildman–Crippen MR) is 309 cm³/mol. The number of ether oxygens (including phenoxy) is 4. The largest absolute Gasteiger partial charge is 0.477 e. The lowest BCUT2D eigenvalue weighted by Crippen LogP contribution is -2.40. The summed E-state index contributed by atoms with van der Waals surface area (Å²) in [6.45, 7) is 4.92. The second kappa shape index (κ2) is 56.0. The molecule has 0 saturated carbocycles.